The van der Waals surface area contributed by atoms with E-state index in [2.05, 4.69) is 47.0 Å². The molecule has 2 aliphatic carbocycles. The average Bonchev–Trinajstić information content (AvgIpc) is 3.44. The van der Waals surface area contributed by atoms with Gasteiger partial charge in [-0.1, -0.05) is 30.3 Å². The zero-order chi connectivity index (χ0) is 18.0. The molecule has 1 unspecified atom stereocenters. The molecule has 26 heavy (non-hydrogen) atoms. The summed E-state index contributed by atoms with van der Waals surface area (Å²) in [5, 5.41) is 15.8. The number of nitriles is 1. The van der Waals surface area contributed by atoms with E-state index >= 15 is 0 Å². The molecule has 2 N–H and O–H groups in total. The quantitative estimate of drug-likeness (QED) is 0.844. The van der Waals surface area contributed by atoms with Crippen molar-refractivity contribution in [3.05, 3.63) is 71.3 Å². The fraction of sp³-hybridized carbons (Fsp3) is 0.364. The standard InChI is InChI=1S/C22H23N3O/c23-14-16-7-9-18(10-8-16)21(26)25-22(11-4-12-22)15-24-20-13-19(20)17-5-2-1-3-6-17/h1-3,5-10,19-20,24H,4,11-13,15H2,(H,25,26)/t19?,20-/m0/s1. The van der Waals surface area contributed by atoms with E-state index in [-0.39, 0.29) is 11.4 Å². The van der Waals surface area contributed by atoms with Gasteiger partial charge >= 0.3 is 0 Å². The molecule has 4 heteroatoms. The van der Waals surface area contributed by atoms with Crippen LogP contribution in [0.4, 0.5) is 0 Å². The van der Waals surface area contributed by atoms with Gasteiger partial charge < -0.3 is 10.6 Å². The first-order chi connectivity index (χ1) is 12.7. The molecule has 2 aromatic carbocycles. The molecule has 0 radical (unpaired) electrons. The molecule has 0 bridgehead atoms. The monoisotopic (exact) mass is 345 g/mol. The zero-order valence-electron chi connectivity index (χ0n) is 14.7. The number of carbonyl (C=O) groups is 1. The summed E-state index contributed by atoms with van der Waals surface area (Å²) in [6.45, 7) is 0.822. The Kier molecular flexibility index (Phi) is 4.48. The first-order valence-corrected chi connectivity index (χ1v) is 9.30. The Hall–Kier alpha value is -2.64. The minimum absolute atomic E-state index is 0.0496. The van der Waals surface area contributed by atoms with E-state index in [0.717, 1.165) is 25.8 Å². The lowest BCUT2D eigenvalue weighted by Crippen LogP contribution is -2.59. The summed E-state index contributed by atoms with van der Waals surface area (Å²) in [7, 11) is 0. The van der Waals surface area contributed by atoms with Gasteiger partial charge in [-0.3, -0.25) is 4.79 Å². The minimum atomic E-state index is -0.130. The first kappa shape index (κ1) is 16.8. The van der Waals surface area contributed by atoms with Crippen LogP contribution in [0.25, 0.3) is 0 Å². The molecule has 2 saturated carbocycles. The minimum Gasteiger partial charge on any atom is -0.345 e. The Morgan fingerprint density at radius 3 is 2.46 bits per heavy atom. The van der Waals surface area contributed by atoms with Crippen molar-refractivity contribution in [2.45, 2.75) is 43.2 Å². The number of carbonyl (C=O) groups excluding carboxylic acids is 1. The van der Waals surface area contributed by atoms with Crippen molar-refractivity contribution in [2.75, 3.05) is 6.54 Å². The molecule has 0 aliphatic heterocycles. The largest absolute Gasteiger partial charge is 0.345 e. The van der Waals surface area contributed by atoms with E-state index in [0.29, 0.717) is 23.1 Å². The maximum Gasteiger partial charge on any atom is 0.251 e. The Balaban J connectivity index is 1.33. The molecule has 0 heterocycles. The Labute approximate surface area is 154 Å². The van der Waals surface area contributed by atoms with Crippen LogP contribution in [-0.2, 0) is 0 Å². The zero-order valence-corrected chi connectivity index (χ0v) is 14.7. The summed E-state index contributed by atoms with van der Waals surface area (Å²) in [4.78, 5) is 12.6. The first-order valence-electron chi connectivity index (χ1n) is 9.30. The molecule has 0 spiro atoms. The highest BCUT2D eigenvalue weighted by Crippen LogP contribution is 2.41. The molecule has 2 aromatic rings. The number of hydrogen-bond acceptors (Lipinski definition) is 3. The third kappa shape index (κ3) is 3.49. The number of amides is 1. The summed E-state index contributed by atoms with van der Waals surface area (Å²) in [5.41, 5.74) is 2.45. The van der Waals surface area contributed by atoms with E-state index in [4.69, 9.17) is 5.26 Å². The number of rotatable bonds is 6. The van der Waals surface area contributed by atoms with Gasteiger partial charge in [0.2, 0.25) is 0 Å². The molecule has 2 atom stereocenters. The summed E-state index contributed by atoms with van der Waals surface area (Å²) in [5.74, 6) is 0.550. The molecule has 132 valence electrons. The molecular formula is C22H23N3O. The van der Waals surface area contributed by atoms with Crippen molar-refractivity contribution in [1.29, 1.82) is 5.26 Å². The summed E-state index contributed by atoms with van der Waals surface area (Å²) in [6, 6.07) is 20.0. The SMILES string of the molecule is N#Cc1ccc(C(=O)NC2(CN[C@H]3CC3c3ccccc3)CCC2)cc1. The van der Waals surface area contributed by atoms with Gasteiger partial charge in [-0.25, -0.2) is 0 Å². The Bertz CT molecular complexity index is 819. The van der Waals surface area contributed by atoms with Gasteiger partial charge in [0.1, 0.15) is 0 Å². The third-order valence-electron chi connectivity index (χ3n) is 5.69. The van der Waals surface area contributed by atoms with E-state index in [1.165, 1.54) is 12.0 Å². The van der Waals surface area contributed by atoms with E-state index in [9.17, 15) is 4.79 Å². The smallest absolute Gasteiger partial charge is 0.251 e. The van der Waals surface area contributed by atoms with Crippen LogP contribution in [0.15, 0.2) is 54.6 Å². The topological polar surface area (TPSA) is 64.9 Å². The van der Waals surface area contributed by atoms with E-state index in [1.807, 2.05) is 0 Å². The van der Waals surface area contributed by atoms with Gasteiger partial charge in [0.25, 0.3) is 5.91 Å². The van der Waals surface area contributed by atoms with Crippen LogP contribution in [0.5, 0.6) is 0 Å². The van der Waals surface area contributed by atoms with Gasteiger partial charge in [-0.05, 0) is 55.5 Å². The van der Waals surface area contributed by atoms with Gasteiger partial charge in [0, 0.05) is 24.1 Å². The van der Waals surface area contributed by atoms with Crippen LogP contribution >= 0.6 is 0 Å². The molecule has 4 nitrogen and oxygen atoms in total. The Morgan fingerprint density at radius 1 is 1.12 bits per heavy atom. The van der Waals surface area contributed by atoms with Crippen molar-refractivity contribution >= 4 is 5.91 Å². The maximum atomic E-state index is 12.6. The number of benzene rings is 2. The van der Waals surface area contributed by atoms with Crippen molar-refractivity contribution in [3.63, 3.8) is 0 Å². The van der Waals surface area contributed by atoms with Crippen LogP contribution in [0.3, 0.4) is 0 Å². The second kappa shape index (κ2) is 6.93. The summed E-state index contributed by atoms with van der Waals surface area (Å²) in [6.07, 6.45) is 4.36. The number of hydrogen-bond donors (Lipinski definition) is 2. The van der Waals surface area contributed by atoms with Gasteiger partial charge in [-0.2, -0.15) is 5.26 Å². The second-order valence-electron chi connectivity index (χ2n) is 7.52. The maximum absolute atomic E-state index is 12.6. The molecule has 2 fully saturated rings. The average molecular weight is 345 g/mol. The molecule has 0 saturated heterocycles. The van der Waals surface area contributed by atoms with Crippen LogP contribution in [0.2, 0.25) is 0 Å². The molecule has 4 rings (SSSR count). The Morgan fingerprint density at radius 2 is 1.85 bits per heavy atom. The normalized spacial score (nSPS) is 22.7. The highest BCUT2D eigenvalue weighted by atomic mass is 16.1. The van der Waals surface area contributed by atoms with Crippen LogP contribution < -0.4 is 10.6 Å². The fourth-order valence-corrected chi connectivity index (χ4v) is 3.77. The number of nitrogens with one attached hydrogen (secondary N) is 2. The molecule has 0 aromatic heterocycles. The number of nitrogens with zero attached hydrogens (tertiary/aromatic N) is 1. The lowest BCUT2D eigenvalue weighted by molar-refractivity contribution is 0.0824. The van der Waals surface area contributed by atoms with E-state index in [1.54, 1.807) is 24.3 Å². The molecule has 1 amide bonds. The van der Waals surface area contributed by atoms with Crippen molar-refractivity contribution in [3.8, 4) is 6.07 Å². The molecular weight excluding hydrogens is 322 g/mol. The highest BCUT2D eigenvalue weighted by Gasteiger charge is 2.43. The van der Waals surface area contributed by atoms with Gasteiger partial charge in [0.15, 0.2) is 0 Å². The lowest BCUT2D eigenvalue weighted by atomic mass is 9.76. The summed E-state index contributed by atoms with van der Waals surface area (Å²) >= 11 is 0. The van der Waals surface area contributed by atoms with Gasteiger partial charge in [-0.15, -0.1) is 0 Å². The van der Waals surface area contributed by atoms with E-state index < -0.39 is 0 Å². The highest BCUT2D eigenvalue weighted by molar-refractivity contribution is 5.94. The summed E-state index contributed by atoms with van der Waals surface area (Å²) < 4.78 is 0. The van der Waals surface area contributed by atoms with Crippen LogP contribution in [-0.4, -0.2) is 24.0 Å². The predicted molar refractivity (Wildman–Crippen MR) is 101 cm³/mol. The third-order valence-corrected chi connectivity index (χ3v) is 5.69. The lowest BCUT2D eigenvalue weighted by Gasteiger charge is -2.43. The second-order valence-corrected chi connectivity index (χ2v) is 7.52. The predicted octanol–water partition coefficient (Wildman–Crippen LogP) is 3.36. The fourth-order valence-electron chi connectivity index (χ4n) is 3.77. The van der Waals surface area contributed by atoms with Crippen LogP contribution in [0.1, 0.15) is 53.1 Å². The van der Waals surface area contributed by atoms with Gasteiger partial charge in [0.05, 0.1) is 17.2 Å². The van der Waals surface area contributed by atoms with Crippen molar-refractivity contribution in [2.24, 2.45) is 0 Å². The van der Waals surface area contributed by atoms with Crippen molar-refractivity contribution < 1.29 is 4.79 Å². The van der Waals surface area contributed by atoms with Crippen LogP contribution in [0, 0.1) is 11.3 Å². The molecule has 2 aliphatic rings. The van der Waals surface area contributed by atoms with Crippen molar-refractivity contribution in [1.82, 2.24) is 10.6 Å².